The quantitative estimate of drug-likeness (QED) is 0.775. The van der Waals surface area contributed by atoms with Crippen LogP contribution in [0.2, 0.25) is 0 Å². The third-order valence-corrected chi connectivity index (χ3v) is 5.47. The Morgan fingerprint density at radius 1 is 1.29 bits per heavy atom. The Morgan fingerprint density at radius 3 is 2.36 bits per heavy atom. The van der Waals surface area contributed by atoms with Crippen LogP contribution in [0.25, 0.3) is 0 Å². The number of likely N-dealkylation sites (N-methyl/N-ethyl adjacent to an activating group) is 1. The molecule has 14 heavy (non-hydrogen) atoms. The van der Waals surface area contributed by atoms with Crippen LogP contribution in [-0.2, 0) is 0 Å². The van der Waals surface area contributed by atoms with Gasteiger partial charge in [0.2, 0.25) is 0 Å². The van der Waals surface area contributed by atoms with Gasteiger partial charge in [-0.3, -0.25) is 4.90 Å². The van der Waals surface area contributed by atoms with Gasteiger partial charge in [-0.1, -0.05) is 19.3 Å². The molecule has 0 aromatic rings. The Bertz CT molecular complexity index is 180. The van der Waals surface area contributed by atoms with Crippen molar-refractivity contribution in [3.8, 4) is 0 Å². The molecular formula is C11H22N2S. The predicted octanol–water partition coefficient (Wildman–Crippen LogP) is 1.70. The molecule has 0 bridgehead atoms. The summed E-state index contributed by atoms with van der Waals surface area (Å²) in [6.45, 7) is 0.840. The second-order valence-electron chi connectivity index (χ2n) is 4.82. The summed E-state index contributed by atoms with van der Waals surface area (Å²) >= 11 is 2.04. The molecule has 2 aliphatic rings. The van der Waals surface area contributed by atoms with Crippen molar-refractivity contribution in [3.05, 3.63) is 0 Å². The van der Waals surface area contributed by atoms with Crippen molar-refractivity contribution >= 4 is 11.8 Å². The van der Waals surface area contributed by atoms with Crippen molar-refractivity contribution in [1.82, 2.24) is 4.90 Å². The monoisotopic (exact) mass is 214 g/mol. The molecular weight excluding hydrogens is 192 g/mol. The predicted molar refractivity (Wildman–Crippen MR) is 63.7 cm³/mol. The highest BCUT2D eigenvalue weighted by Crippen LogP contribution is 2.37. The largest absolute Gasteiger partial charge is 0.329 e. The fourth-order valence-electron chi connectivity index (χ4n) is 2.66. The Kier molecular flexibility index (Phi) is 3.40. The van der Waals surface area contributed by atoms with Gasteiger partial charge in [0.25, 0.3) is 0 Å². The minimum atomic E-state index is 0.354. The van der Waals surface area contributed by atoms with E-state index in [4.69, 9.17) is 5.73 Å². The smallest absolute Gasteiger partial charge is 0.0511 e. The van der Waals surface area contributed by atoms with Crippen molar-refractivity contribution < 1.29 is 0 Å². The summed E-state index contributed by atoms with van der Waals surface area (Å²) in [7, 11) is 2.29. The van der Waals surface area contributed by atoms with Gasteiger partial charge in [0, 0.05) is 24.1 Å². The molecule has 1 aliphatic carbocycles. The lowest BCUT2D eigenvalue weighted by Crippen LogP contribution is -2.64. The first-order chi connectivity index (χ1) is 6.78. The summed E-state index contributed by atoms with van der Waals surface area (Å²) in [5, 5.41) is 0. The Hall–Kier alpha value is 0.270. The molecule has 2 N–H and O–H groups in total. The van der Waals surface area contributed by atoms with Gasteiger partial charge in [0.05, 0.1) is 5.54 Å². The van der Waals surface area contributed by atoms with Crippen LogP contribution in [0.15, 0.2) is 0 Å². The van der Waals surface area contributed by atoms with E-state index < -0.39 is 0 Å². The fraction of sp³-hybridized carbons (Fsp3) is 1.00. The summed E-state index contributed by atoms with van der Waals surface area (Å²) in [5.41, 5.74) is 6.28. The molecule has 2 rings (SSSR count). The maximum Gasteiger partial charge on any atom is 0.0511 e. The van der Waals surface area contributed by atoms with E-state index in [9.17, 15) is 0 Å². The first-order valence-electron chi connectivity index (χ1n) is 5.79. The van der Waals surface area contributed by atoms with E-state index in [0.717, 1.165) is 12.6 Å². The van der Waals surface area contributed by atoms with Gasteiger partial charge in [-0.25, -0.2) is 0 Å². The van der Waals surface area contributed by atoms with Crippen LogP contribution in [-0.4, -0.2) is 41.6 Å². The van der Waals surface area contributed by atoms with Gasteiger partial charge in [0.1, 0.15) is 0 Å². The second-order valence-corrected chi connectivity index (χ2v) is 5.81. The number of nitrogens with zero attached hydrogens (tertiary/aromatic N) is 1. The molecule has 3 heteroatoms. The standard InChI is InChI=1S/C11H22N2S/c1-13(10-5-3-2-4-6-10)11(7-12)8-14-9-11/h10H,2-9,12H2,1H3. The molecule has 0 aromatic heterocycles. The molecule has 0 aromatic carbocycles. The van der Waals surface area contributed by atoms with Gasteiger partial charge in [-0.15, -0.1) is 0 Å². The topological polar surface area (TPSA) is 29.3 Å². The third kappa shape index (κ3) is 1.82. The number of thioether (sulfide) groups is 1. The molecule has 1 heterocycles. The van der Waals surface area contributed by atoms with Crippen molar-refractivity contribution in [2.45, 2.75) is 43.7 Å². The van der Waals surface area contributed by atoms with E-state index in [1.165, 1.54) is 43.6 Å². The summed E-state index contributed by atoms with van der Waals surface area (Å²) < 4.78 is 0. The summed E-state index contributed by atoms with van der Waals surface area (Å²) in [6.07, 6.45) is 7.06. The molecule has 1 saturated carbocycles. The zero-order chi connectivity index (χ0) is 10.0. The first kappa shape index (κ1) is 10.8. The molecule has 1 saturated heterocycles. The molecule has 1 aliphatic heterocycles. The number of nitrogens with two attached hydrogens (primary N) is 1. The highest BCUT2D eigenvalue weighted by molar-refractivity contribution is 8.00. The summed E-state index contributed by atoms with van der Waals surface area (Å²) in [4.78, 5) is 2.60. The van der Waals surface area contributed by atoms with Gasteiger partial charge in [-0.2, -0.15) is 11.8 Å². The zero-order valence-corrected chi connectivity index (χ0v) is 9.98. The normalized spacial score (nSPS) is 27.6. The Labute approximate surface area is 91.6 Å². The van der Waals surface area contributed by atoms with E-state index >= 15 is 0 Å². The minimum Gasteiger partial charge on any atom is -0.329 e. The SMILES string of the molecule is CN(C1CCCCC1)C1(CN)CSC1. The molecule has 2 fully saturated rings. The fourth-order valence-corrected chi connectivity index (χ4v) is 3.98. The van der Waals surface area contributed by atoms with Gasteiger partial charge in [-0.05, 0) is 19.9 Å². The summed E-state index contributed by atoms with van der Waals surface area (Å²) in [5.74, 6) is 2.49. The maximum absolute atomic E-state index is 5.92. The van der Waals surface area contributed by atoms with Crippen LogP contribution in [0.1, 0.15) is 32.1 Å². The summed E-state index contributed by atoms with van der Waals surface area (Å²) in [6, 6.07) is 0.813. The van der Waals surface area contributed by atoms with Crippen molar-refractivity contribution in [1.29, 1.82) is 0 Å². The van der Waals surface area contributed by atoms with E-state index in [2.05, 4.69) is 11.9 Å². The van der Waals surface area contributed by atoms with Crippen LogP contribution < -0.4 is 5.73 Å². The van der Waals surface area contributed by atoms with E-state index in [1.54, 1.807) is 0 Å². The molecule has 0 amide bonds. The number of rotatable bonds is 3. The molecule has 0 radical (unpaired) electrons. The zero-order valence-electron chi connectivity index (χ0n) is 9.17. The van der Waals surface area contributed by atoms with E-state index in [1.807, 2.05) is 11.8 Å². The van der Waals surface area contributed by atoms with Crippen molar-refractivity contribution in [2.75, 3.05) is 25.1 Å². The average molecular weight is 214 g/mol. The van der Waals surface area contributed by atoms with Gasteiger partial charge < -0.3 is 5.73 Å². The lowest BCUT2D eigenvalue weighted by Gasteiger charge is -2.51. The second kappa shape index (κ2) is 4.42. The lowest BCUT2D eigenvalue weighted by atomic mass is 9.90. The van der Waals surface area contributed by atoms with Crippen LogP contribution in [0.3, 0.4) is 0 Å². The Morgan fingerprint density at radius 2 is 1.93 bits per heavy atom. The average Bonchev–Trinajstić information content (AvgIpc) is 2.18. The third-order valence-electron chi connectivity index (χ3n) is 3.99. The van der Waals surface area contributed by atoms with E-state index in [-0.39, 0.29) is 0 Å². The highest BCUT2D eigenvalue weighted by atomic mass is 32.2. The minimum absolute atomic E-state index is 0.354. The van der Waals surface area contributed by atoms with E-state index in [0.29, 0.717) is 5.54 Å². The highest BCUT2D eigenvalue weighted by Gasteiger charge is 2.42. The van der Waals surface area contributed by atoms with Crippen molar-refractivity contribution in [2.24, 2.45) is 5.73 Å². The van der Waals surface area contributed by atoms with Crippen LogP contribution >= 0.6 is 11.8 Å². The molecule has 2 nitrogen and oxygen atoms in total. The first-order valence-corrected chi connectivity index (χ1v) is 6.95. The molecule has 0 atom stereocenters. The maximum atomic E-state index is 5.92. The molecule has 82 valence electrons. The number of hydrogen-bond donors (Lipinski definition) is 1. The van der Waals surface area contributed by atoms with Crippen LogP contribution in [0.4, 0.5) is 0 Å². The lowest BCUT2D eigenvalue weighted by molar-refractivity contribution is 0.0828. The molecule has 0 spiro atoms. The van der Waals surface area contributed by atoms with Crippen molar-refractivity contribution in [3.63, 3.8) is 0 Å². The van der Waals surface area contributed by atoms with Gasteiger partial charge in [0.15, 0.2) is 0 Å². The molecule has 0 unspecified atom stereocenters. The number of hydrogen-bond acceptors (Lipinski definition) is 3. The Balaban J connectivity index is 1.94. The van der Waals surface area contributed by atoms with Gasteiger partial charge >= 0.3 is 0 Å². The van der Waals surface area contributed by atoms with Crippen LogP contribution in [0.5, 0.6) is 0 Å². The van der Waals surface area contributed by atoms with Crippen LogP contribution in [0, 0.1) is 0 Å².